The maximum atomic E-state index is 3.56. The van der Waals surface area contributed by atoms with Gasteiger partial charge in [-0.15, -0.1) is 0 Å². The molecule has 2 nitrogen and oxygen atoms in total. The number of hydrogen-bond acceptors (Lipinski definition) is 2. The molecule has 15 heavy (non-hydrogen) atoms. The first-order chi connectivity index (χ1) is 6.90. The average molecular weight is 212 g/mol. The molecule has 0 aromatic heterocycles. The second-order valence-corrected chi connectivity index (χ2v) is 6.26. The molecular formula is C13H28N2. The summed E-state index contributed by atoms with van der Waals surface area (Å²) in [5.74, 6) is 0. The van der Waals surface area contributed by atoms with Gasteiger partial charge < -0.3 is 5.32 Å². The first-order valence-electron chi connectivity index (χ1n) is 6.33. The SMILES string of the molecule is CC(CNCCC(C)(C)C)N(C)C1CC1. The highest BCUT2D eigenvalue weighted by molar-refractivity contribution is 4.85. The van der Waals surface area contributed by atoms with Gasteiger partial charge in [0.25, 0.3) is 0 Å². The van der Waals surface area contributed by atoms with Crippen molar-refractivity contribution >= 4 is 0 Å². The van der Waals surface area contributed by atoms with E-state index in [0.717, 1.165) is 19.1 Å². The van der Waals surface area contributed by atoms with Crippen LogP contribution >= 0.6 is 0 Å². The molecule has 1 aliphatic rings. The topological polar surface area (TPSA) is 15.3 Å². The van der Waals surface area contributed by atoms with Crippen molar-refractivity contribution in [1.82, 2.24) is 10.2 Å². The van der Waals surface area contributed by atoms with E-state index in [1.165, 1.54) is 19.3 Å². The van der Waals surface area contributed by atoms with E-state index in [4.69, 9.17) is 0 Å². The van der Waals surface area contributed by atoms with Crippen LogP contribution in [0.1, 0.15) is 47.0 Å². The fourth-order valence-electron chi connectivity index (χ4n) is 1.76. The molecular weight excluding hydrogens is 184 g/mol. The largest absolute Gasteiger partial charge is 0.315 e. The minimum absolute atomic E-state index is 0.457. The minimum atomic E-state index is 0.457. The average Bonchev–Trinajstić information content (AvgIpc) is 2.92. The molecule has 1 N–H and O–H groups in total. The molecule has 1 aliphatic carbocycles. The monoisotopic (exact) mass is 212 g/mol. The fraction of sp³-hybridized carbons (Fsp3) is 1.00. The van der Waals surface area contributed by atoms with Crippen LogP contribution in [-0.4, -0.2) is 37.1 Å². The molecule has 1 fully saturated rings. The summed E-state index contributed by atoms with van der Waals surface area (Å²) in [7, 11) is 2.26. The van der Waals surface area contributed by atoms with Gasteiger partial charge in [0.1, 0.15) is 0 Å². The Labute approximate surface area is 95.4 Å². The van der Waals surface area contributed by atoms with Crippen molar-refractivity contribution in [2.75, 3.05) is 20.1 Å². The Balaban J connectivity index is 2.03. The van der Waals surface area contributed by atoms with Crippen LogP contribution in [0, 0.1) is 5.41 Å². The Morgan fingerprint density at radius 2 is 1.93 bits per heavy atom. The van der Waals surface area contributed by atoms with Crippen molar-refractivity contribution in [3.05, 3.63) is 0 Å². The molecule has 0 aliphatic heterocycles. The summed E-state index contributed by atoms with van der Waals surface area (Å²) in [6.07, 6.45) is 4.07. The molecule has 2 heteroatoms. The lowest BCUT2D eigenvalue weighted by molar-refractivity contribution is 0.238. The van der Waals surface area contributed by atoms with Crippen molar-refractivity contribution in [1.29, 1.82) is 0 Å². The maximum Gasteiger partial charge on any atom is 0.0192 e. The van der Waals surface area contributed by atoms with Gasteiger partial charge >= 0.3 is 0 Å². The Kier molecular flexibility index (Phi) is 4.60. The lowest BCUT2D eigenvalue weighted by Gasteiger charge is -2.25. The molecule has 0 aromatic carbocycles. The molecule has 1 unspecified atom stereocenters. The van der Waals surface area contributed by atoms with Gasteiger partial charge in [-0.1, -0.05) is 20.8 Å². The zero-order chi connectivity index (χ0) is 11.5. The Morgan fingerprint density at radius 3 is 2.40 bits per heavy atom. The van der Waals surface area contributed by atoms with Crippen LogP contribution in [-0.2, 0) is 0 Å². The standard InChI is InChI=1S/C13H28N2/c1-11(15(5)12-6-7-12)10-14-9-8-13(2,3)4/h11-12,14H,6-10H2,1-5H3. The fourth-order valence-corrected chi connectivity index (χ4v) is 1.76. The zero-order valence-electron chi connectivity index (χ0n) is 11.1. The minimum Gasteiger partial charge on any atom is -0.315 e. The van der Waals surface area contributed by atoms with Crippen LogP contribution in [0.25, 0.3) is 0 Å². The molecule has 90 valence electrons. The van der Waals surface area contributed by atoms with Crippen molar-refractivity contribution in [2.24, 2.45) is 5.41 Å². The molecule has 0 saturated heterocycles. The summed E-state index contributed by atoms with van der Waals surface area (Å²) in [5, 5.41) is 3.56. The van der Waals surface area contributed by atoms with Crippen LogP contribution in [0.2, 0.25) is 0 Å². The first-order valence-corrected chi connectivity index (χ1v) is 6.33. The maximum absolute atomic E-state index is 3.56. The zero-order valence-corrected chi connectivity index (χ0v) is 11.1. The predicted octanol–water partition coefficient (Wildman–Crippen LogP) is 2.49. The highest BCUT2D eigenvalue weighted by Crippen LogP contribution is 2.26. The summed E-state index contributed by atoms with van der Waals surface area (Å²) in [5.41, 5.74) is 0.457. The van der Waals surface area contributed by atoms with Crippen molar-refractivity contribution < 1.29 is 0 Å². The normalized spacial score (nSPS) is 19.6. The van der Waals surface area contributed by atoms with Crippen LogP contribution in [0.4, 0.5) is 0 Å². The number of hydrogen-bond donors (Lipinski definition) is 1. The smallest absolute Gasteiger partial charge is 0.0192 e. The third kappa shape index (κ3) is 5.53. The van der Waals surface area contributed by atoms with Crippen molar-refractivity contribution in [2.45, 2.75) is 59.0 Å². The summed E-state index contributed by atoms with van der Waals surface area (Å²) >= 11 is 0. The van der Waals surface area contributed by atoms with Crippen molar-refractivity contribution in [3.8, 4) is 0 Å². The Bertz CT molecular complexity index is 179. The first kappa shape index (κ1) is 13.0. The quantitative estimate of drug-likeness (QED) is 0.681. The molecule has 0 spiro atoms. The van der Waals surface area contributed by atoms with E-state index in [0.29, 0.717) is 11.5 Å². The summed E-state index contributed by atoms with van der Waals surface area (Å²) in [4.78, 5) is 2.52. The highest BCUT2D eigenvalue weighted by Gasteiger charge is 2.28. The van der Waals surface area contributed by atoms with Gasteiger partial charge in [-0.2, -0.15) is 0 Å². The van der Waals surface area contributed by atoms with E-state index in [1.807, 2.05) is 0 Å². The lowest BCUT2D eigenvalue weighted by atomic mass is 9.92. The van der Waals surface area contributed by atoms with Gasteiger partial charge in [0.2, 0.25) is 0 Å². The van der Waals surface area contributed by atoms with Crippen LogP contribution in [0.3, 0.4) is 0 Å². The van der Waals surface area contributed by atoms with Crippen LogP contribution < -0.4 is 5.32 Å². The van der Waals surface area contributed by atoms with Crippen molar-refractivity contribution in [3.63, 3.8) is 0 Å². The second-order valence-electron chi connectivity index (χ2n) is 6.26. The second kappa shape index (κ2) is 5.31. The van der Waals surface area contributed by atoms with E-state index in [2.05, 4.69) is 45.0 Å². The van der Waals surface area contributed by atoms with Crippen LogP contribution in [0.5, 0.6) is 0 Å². The van der Waals surface area contributed by atoms with E-state index >= 15 is 0 Å². The summed E-state index contributed by atoms with van der Waals surface area (Å²) in [6, 6.07) is 1.56. The molecule has 0 amide bonds. The van der Waals surface area contributed by atoms with E-state index in [1.54, 1.807) is 0 Å². The number of rotatable bonds is 6. The van der Waals surface area contributed by atoms with E-state index in [-0.39, 0.29) is 0 Å². The number of likely N-dealkylation sites (N-methyl/N-ethyl adjacent to an activating group) is 1. The summed E-state index contributed by atoms with van der Waals surface area (Å²) in [6.45, 7) is 11.5. The van der Waals surface area contributed by atoms with Gasteiger partial charge in [0.05, 0.1) is 0 Å². The molecule has 0 heterocycles. The van der Waals surface area contributed by atoms with E-state index < -0.39 is 0 Å². The van der Waals surface area contributed by atoms with E-state index in [9.17, 15) is 0 Å². The number of nitrogens with one attached hydrogen (secondary N) is 1. The third-order valence-electron chi connectivity index (χ3n) is 3.31. The number of nitrogens with zero attached hydrogens (tertiary/aromatic N) is 1. The predicted molar refractivity (Wildman–Crippen MR) is 67.2 cm³/mol. The van der Waals surface area contributed by atoms with Gasteiger partial charge in [-0.25, -0.2) is 0 Å². The summed E-state index contributed by atoms with van der Waals surface area (Å²) < 4.78 is 0. The third-order valence-corrected chi connectivity index (χ3v) is 3.31. The molecule has 1 atom stereocenters. The molecule has 1 rings (SSSR count). The molecule has 0 bridgehead atoms. The lowest BCUT2D eigenvalue weighted by Crippen LogP contribution is -2.39. The molecule has 0 radical (unpaired) electrons. The van der Waals surface area contributed by atoms with Gasteiger partial charge in [-0.3, -0.25) is 4.90 Å². The highest BCUT2D eigenvalue weighted by atomic mass is 15.2. The van der Waals surface area contributed by atoms with Crippen LogP contribution in [0.15, 0.2) is 0 Å². The Morgan fingerprint density at radius 1 is 1.33 bits per heavy atom. The molecule has 1 saturated carbocycles. The van der Waals surface area contributed by atoms with Gasteiger partial charge in [0, 0.05) is 18.6 Å². The molecule has 0 aromatic rings. The van der Waals surface area contributed by atoms with Gasteiger partial charge in [0.15, 0.2) is 0 Å². The van der Waals surface area contributed by atoms with Gasteiger partial charge in [-0.05, 0) is 45.2 Å². The Hall–Kier alpha value is -0.0800.